The molecule has 1 aromatic heterocycles. The van der Waals surface area contributed by atoms with E-state index in [0.717, 1.165) is 31.5 Å². The fourth-order valence-electron chi connectivity index (χ4n) is 2.30. The second-order valence-electron chi connectivity index (χ2n) is 4.33. The average Bonchev–Trinajstić information content (AvgIpc) is 2.78. The molecule has 1 atom stereocenters. The highest BCUT2D eigenvalue weighted by atomic mass is 16.2. The molecule has 17 heavy (non-hydrogen) atoms. The number of aromatic nitrogens is 2. The summed E-state index contributed by atoms with van der Waals surface area (Å²) in [6.07, 6.45) is 5.14. The zero-order chi connectivity index (χ0) is 12.3. The topological polar surface area (TPSA) is 72.1 Å². The van der Waals surface area contributed by atoms with E-state index < -0.39 is 0 Å². The number of carbonyl (C=O) groups excluding carboxylic acids is 1. The summed E-state index contributed by atoms with van der Waals surface area (Å²) in [5, 5.41) is 0. The van der Waals surface area contributed by atoms with Crippen LogP contribution in [-0.2, 0) is 4.79 Å². The molecule has 5 heteroatoms. The molecule has 5 nitrogen and oxygen atoms in total. The molecular formula is C12H18N4O. The Kier molecular flexibility index (Phi) is 3.56. The lowest BCUT2D eigenvalue weighted by molar-refractivity contribution is -0.132. The largest absolute Gasteiger partial charge is 0.368 e. The highest BCUT2D eigenvalue weighted by molar-refractivity contribution is 5.76. The molecule has 2 N–H and O–H groups in total. The van der Waals surface area contributed by atoms with Crippen molar-refractivity contribution < 1.29 is 4.79 Å². The average molecular weight is 234 g/mol. The van der Waals surface area contributed by atoms with Crippen molar-refractivity contribution in [2.45, 2.75) is 38.6 Å². The first-order chi connectivity index (χ1) is 8.22. The summed E-state index contributed by atoms with van der Waals surface area (Å²) >= 11 is 0. The van der Waals surface area contributed by atoms with Gasteiger partial charge in [-0.15, -0.1) is 0 Å². The number of rotatable bonds is 3. The summed E-state index contributed by atoms with van der Waals surface area (Å²) in [6, 6.07) is 1.93. The Labute approximate surface area is 101 Å². The van der Waals surface area contributed by atoms with Gasteiger partial charge in [0.05, 0.1) is 11.7 Å². The first-order valence-corrected chi connectivity index (χ1v) is 6.10. The van der Waals surface area contributed by atoms with Crippen LogP contribution in [0.25, 0.3) is 0 Å². The van der Waals surface area contributed by atoms with Gasteiger partial charge in [0.2, 0.25) is 11.9 Å². The number of nitrogens with two attached hydrogens (primary N) is 1. The number of likely N-dealkylation sites (tertiary alicyclic amines) is 1. The highest BCUT2D eigenvalue weighted by Crippen LogP contribution is 2.31. The molecule has 0 radical (unpaired) electrons. The molecule has 2 rings (SSSR count). The van der Waals surface area contributed by atoms with Crippen LogP contribution >= 0.6 is 0 Å². The number of carbonyl (C=O) groups is 1. The lowest BCUT2D eigenvalue weighted by Crippen LogP contribution is -2.30. The van der Waals surface area contributed by atoms with Crippen molar-refractivity contribution >= 4 is 11.9 Å². The smallest absolute Gasteiger partial charge is 0.223 e. The minimum absolute atomic E-state index is 0.0827. The quantitative estimate of drug-likeness (QED) is 0.860. The van der Waals surface area contributed by atoms with Crippen molar-refractivity contribution in [3.05, 3.63) is 18.0 Å². The number of nitrogens with zero attached hydrogens (tertiary/aromatic N) is 3. The Morgan fingerprint density at radius 3 is 3.18 bits per heavy atom. The van der Waals surface area contributed by atoms with Gasteiger partial charge in [0, 0.05) is 19.2 Å². The normalized spacial score (nSPS) is 19.6. The molecule has 1 aliphatic rings. The number of nitrogen functional groups attached to an aromatic ring is 1. The third-order valence-electron chi connectivity index (χ3n) is 3.07. The van der Waals surface area contributed by atoms with Gasteiger partial charge in [-0.3, -0.25) is 4.79 Å². The van der Waals surface area contributed by atoms with Crippen LogP contribution in [0.2, 0.25) is 0 Å². The summed E-state index contributed by atoms with van der Waals surface area (Å²) < 4.78 is 0. The van der Waals surface area contributed by atoms with Gasteiger partial charge in [-0.2, -0.15) is 0 Å². The SMILES string of the molecule is CCCC(=O)N1CCC[C@H]1c1ccnc(N)n1. The molecule has 1 aromatic rings. The van der Waals surface area contributed by atoms with E-state index in [2.05, 4.69) is 9.97 Å². The molecule has 1 aliphatic heterocycles. The van der Waals surface area contributed by atoms with Crippen LogP contribution in [-0.4, -0.2) is 27.3 Å². The van der Waals surface area contributed by atoms with Crippen LogP contribution in [0, 0.1) is 0 Å². The van der Waals surface area contributed by atoms with Gasteiger partial charge < -0.3 is 10.6 Å². The van der Waals surface area contributed by atoms with E-state index in [4.69, 9.17) is 5.73 Å². The minimum Gasteiger partial charge on any atom is -0.368 e. The second kappa shape index (κ2) is 5.12. The van der Waals surface area contributed by atoms with E-state index in [1.54, 1.807) is 6.20 Å². The fourth-order valence-corrected chi connectivity index (χ4v) is 2.30. The van der Waals surface area contributed by atoms with Crippen molar-refractivity contribution in [2.75, 3.05) is 12.3 Å². The first kappa shape index (κ1) is 11.8. The van der Waals surface area contributed by atoms with Gasteiger partial charge in [0.1, 0.15) is 0 Å². The van der Waals surface area contributed by atoms with Crippen molar-refractivity contribution in [1.29, 1.82) is 0 Å². The maximum absolute atomic E-state index is 12.0. The predicted molar refractivity (Wildman–Crippen MR) is 65.0 cm³/mol. The monoisotopic (exact) mass is 234 g/mol. The highest BCUT2D eigenvalue weighted by Gasteiger charge is 2.30. The van der Waals surface area contributed by atoms with Gasteiger partial charge >= 0.3 is 0 Å². The molecule has 0 aromatic carbocycles. The molecule has 1 amide bonds. The van der Waals surface area contributed by atoms with E-state index in [9.17, 15) is 4.79 Å². The molecule has 1 saturated heterocycles. The summed E-state index contributed by atoms with van der Waals surface area (Å²) in [7, 11) is 0. The van der Waals surface area contributed by atoms with Crippen LogP contribution in [0.15, 0.2) is 12.3 Å². The Hall–Kier alpha value is -1.65. The summed E-state index contributed by atoms with van der Waals surface area (Å²) in [4.78, 5) is 22.0. The maximum atomic E-state index is 12.0. The predicted octanol–water partition coefficient (Wildman–Crippen LogP) is 1.52. The molecule has 0 bridgehead atoms. The number of hydrogen-bond acceptors (Lipinski definition) is 4. The van der Waals surface area contributed by atoms with Crippen LogP contribution < -0.4 is 5.73 Å². The van der Waals surface area contributed by atoms with E-state index in [1.165, 1.54) is 0 Å². The molecule has 0 aliphatic carbocycles. The number of amides is 1. The number of anilines is 1. The Balaban J connectivity index is 2.17. The molecule has 1 fully saturated rings. The standard InChI is InChI=1S/C12H18N4O/c1-2-4-11(17)16-8-3-5-10(16)9-6-7-14-12(13)15-9/h6-7,10H,2-5,8H2,1H3,(H2,13,14,15)/t10-/m0/s1. The van der Waals surface area contributed by atoms with Crippen molar-refractivity contribution in [3.63, 3.8) is 0 Å². The van der Waals surface area contributed by atoms with Crippen molar-refractivity contribution in [2.24, 2.45) is 0 Å². The zero-order valence-electron chi connectivity index (χ0n) is 10.1. The fraction of sp³-hybridized carbons (Fsp3) is 0.583. The molecule has 92 valence electrons. The Bertz CT molecular complexity index is 407. The van der Waals surface area contributed by atoms with Crippen LogP contribution in [0.1, 0.15) is 44.3 Å². The summed E-state index contributed by atoms with van der Waals surface area (Å²) in [6.45, 7) is 2.85. The lowest BCUT2D eigenvalue weighted by atomic mass is 10.1. The minimum atomic E-state index is 0.0827. The van der Waals surface area contributed by atoms with E-state index in [-0.39, 0.29) is 17.9 Å². The Morgan fingerprint density at radius 2 is 2.47 bits per heavy atom. The number of hydrogen-bond donors (Lipinski definition) is 1. The van der Waals surface area contributed by atoms with Gasteiger partial charge in [0.15, 0.2) is 0 Å². The Morgan fingerprint density at radius 1 is 1.65 bits per heavy atom. The van der Waals surface area contributed by atoms with Crippen LogP contribution in [0.5, 0.6) is 0 Å². The summed E-state index contributed by atoms with van der Waals surface area (Å²) in [5.41, 5.74) is 6.44. The molecule has 2 heterocycles. The zero-order valence-corrected chi connectivity index (χ0v) is 10.1. The second-order valence-corrected chi connectivity index (χ2v) is 4.33. The first-order valence-electron chi connectivity index (χ1n) is 6.10. The van der Waals surface area contributed by atoms with E-state index in [1.807, 2.05) is 17.9 Å². The third-order valence-corrected chi connectivity index (χ3v) is 3.07. The summed E-state index contributed by atoms with van der Waals surface area (Å²) in [5.74, 6) is 0.490. The van der Waals surface area contributed by atoms with Crippen molar-refractivity contribution in [1.82, 2.24) is 14.9 Å². The molecule has 0 spiro atoms. The van der Waals surface area contributed by atoms with Crippen LogP contribution in [0.4, 0.5) is 5.95 Å². The van der Waals surface area contributed by atoms with Gasteiger partial charge in [-0.25, -0.2) is 9.97 Å². The van der Waals surface area contributed by atoms with Gasteiger partial charge in [0.25, 0.3) is 0 Å². The molecular weight excluding hydrogens is 216 g/mol. The maximum Gasteiger partial charge on any atom is 0.223 e. The molecule has 0 saturated carbocycles. The van der Waals surface area contributed by atoms with E-state index in [0.29, 0.717) is 6.42 Å². The van der Waals surface area contributed by atoms with Crippen molar-refractivity contribution in [3.8, 4) is 0 Å². The molecule has 0 unspecified atom stereocenters. The lowest BCUT2D eigenvalue weighted by Gasteiger charge is -2.24. The van der Waals surface area contributed by atoms with Crippen LogP contribution in [0.3, 0.4) is 0 Å². The van der Waals surface area contributed by atoms with Gasteiger partial charge in [-0.05, 0) is 25.3 Å². The van der Waals surface area contributed by atoms with E-state index >= 15 is 0 Å². The third kappa shape index (κ3) is 2.54. The van der Waals surface area contributed by atoms with Gasteiger partial charge in [-0.1, -0.05) is 6.92 Å².